The summed E-state index contributed by atoms with van der Waals surface area (Å²) in [5.41, 5.74) is 1.56. The fourth-order valence-electron chi connectivity index (χ4n) is 2.57. The lowest BCUT2D eigenvalue weighted by molar-refractivity contribution is 0.101. The predicted molar refractivity (Wildman–Crippen MR) is 97.0 cm³/mol. The molecule has 0 saturated carbocycles. The van der Waals surface area contributed by atoms with Crippen LogP contribution in [0.25, 0.3) is 11.3 Å². The van der Waals surface area contributed by atoms with Crippen molar-refractivity contribution in [3.05, 3.63) is 59.2 Å². The first-order chi connectivity index (χ1) is 12.7. The molecule has 7 heteroatoms. The standard InChI is InChI=1S/C19H15ClN2O4/c20-13-4-2-12(3-5-13)17-11-15(22-26-17)19(23)21-14-6-7-16-18(10-14)25-9-1-8-24-16/h2-7,10-11H,1,8-9H2,(H,21,23). The highest BCUT2D eigenvalue weighted by molar-refractivity contribution is 6.30. The summed E-state index contributed by atoms with van der Waals surface area (Å²) >= 11 is 5.88. The number of nitrogens with zero attached hydrogens (tertiary/aromatic N) is 1. The van der Waals surface area contributed by atoms with Gasteiger partial charge in [-0.1, -0.05) is 16.8 Å². The molecule has 132 valence electrons. The van der Waals surface area contributed by atoms with Crippen LogP contribution in [0.15, 0.2) is 53.1 Å². The minimum atomic E-state index is -0.372. The minimum absolute atomic E-state index is 0.182. The molecule has 1 aliphatic rings. The van der Waals surface area contributed by atoms with Crippen LogP contribution in [-0.2, 0) is 0 Å². The number of fused-ring (bicyclic) bond motifs is 1. The highest BCUT2D eigenvalue weighted by atomic mass is 35.5. The molecule has 1 aliphatic heterocycles. The lowest BCUT2D eigenvalue weighted by Gasteiger charge is -2.09. The van der Waals surface area contributed by atoms with Gasteiger partial charge in [-0.25, -0.2) is 0 Å². The van der Waals surface area contributed by atoms with E-state index in [9.17, 15) is 4.79 Å². The Morgan fingerprint density at radius 3 is 2.58 bits per heavy atom. The average Bonchev–Trinajstić information content (AvgIpc) is 3.02. The van der Waals surface area contributed by atoms with Gasteiger partial charge in [0, 0.05) is 34.8 Å². The second-order valence-electron chi connectivity index (χ2n) is 5.75. The zero-order valence-corrected chi connectivity index (χ0v) is 14.5. The minimum Gasteiger partial charge on any atom is -0.490 e. The van der Waals surface area contributed by atoms with Gasteiger partial charge in [0.2, 0.25) is 0 Å². The molecule has 1 amide bonds. The van der Waals surface area contributed by atoms with Crippen LogP contribution in [0.2, 0.25) is 5.02 Å². The fraction of sp³-hybridized carbons (Fsp3) is 0.158. The van der Waals surface area contributed by atoms with Crippen molar-refractivity contribution in [2.45, 2.75) is 6.42 Å². The van der Waals surface area contributed by atoms with E-state index in [0.717, 1.165) is 12.0 Å². The quantitative estimate of drug-likeness (QED) is 0.739. The van der Waals surface area contributed by atoms with E-state index in [1.165, 1.54) is 0 Å². The van der Waals surface area contributed by atoms with Crippen molar-refractivity contribution < 1.29 is 18.8 Å². The number of anilines is 1. The van der Waals surface area contributed by atoms with Gasteiger partial charge in [-0.3, -0.25) is 4.79 Å². The van der Waals surface area contributed by atoms with E-state index in [4.69, 9.17) is 25.6 Å². The molecule has 1 aromatic heterocycles. The number of benzene rings is 2. The second-order valence-corrected chi connectivity index (χ2v) is 6.19. The monoisotopic (exact) mass is 370 g/mol. The molecule has 0 unspecified atom stereocenters. The van der Waals surface area contributed by atoms with Crippen LogP contribution in [0.5, 0.6) is 11.5 Å². The molecule has 0 radical (unpaired) electrons. The fourth-order valence-corrected chi connectivity index (χ4v) is 2.69. The van der Waals surface area contributed by atoms with Gasteiger partial charge in [0.05, 0.1) is 13.2 Å². The van der Waals surface area contributed by atoms with E-state index in [-0.39, 0.29) is 11.6 Å². The van der Waals surface area contributed by atoms with Crippen molar-refractivity contribution in [3.8, 4) is 22.8 Å². The third kappa shape index (κ3) is 3.50. The maximum Gasteiger partial charge on any atom is 0.277 e. The molecule has 4 rings (SSSR count). The first-order valence-electron chi connectivity index (χ1n) is 8.13. The molecule has 0 atom stereocenters. The first-order valence-corrected chi connectivity index (χ1v) is 8.50. The Bertz CT molecular complexity index is 937. The number of halogens is 1. The number of aromatic nitrogens is 1. The maximum atomic E-state index is 12.4. The van der Waals surface area contributed by atoms with Gasteiger partial charge in [0.1, 0.15) is 0 Å². The summed E-state index contributed by atoms with van der Waals surface area (Å²) in [7, 11) is 0. The number of carbonyl (C=O) groups is 1. The Hall–Kier alpha value is -2.99. The molecule has 3 aromatic rings. The zero-order chi connectivity index (χ0) is 17.9. The number of carbonyl (C=O) groups excluding carboxylic acids is 1. The van der Waals surface area contributed by atoms with Crippen molar-refractivity contribution in [3.63, 3.8) is 0 Å². The topological polar surface area (TPSA) is 73.6 Å². The lowest BCUT2D eigenvalue weighted by atomic mass is 10.1. The van der Waals surface area contributed by atoms with Crippen LogP contribution in [0.3, 0.4) is 0 Å². The van der Waals surface area contributed by atoms with Gasteiger partial charge in [-0.05, 0) is 36.4 Å². The lowest BCUT2D eigenvalue weighted by Crippen LogP contribution is -2.12. The van der Waals surface area contributed by atoms with E-state index in [0.29, 0.717) is 41.2 Å². The summed E-state index contributed by atoms with van der Waals surface area (Å²) in [6, 6.07) is 13.9. The molecule has 0 saturated heterocycles. The Morgan fingerprint density at radius 2 is 1.77 bits per heavy atom. The molecule has 2 heterocycles. The van der Waals surface area contributed by atoms with E-state index < -0.39 is 0 Å². The molecule has 0 spiro atoms. The number of hydrogen-bond acceptors (Lipinski definition) is 5. The van der Waals surface area contributed by atoms with Gasteiger partial charge in [0.15, 0.2) is 23.0 Å². The Kier molecular flexibility index (Phi) is 4.50. The molecule has 0 fully saturated rings. The maximum absolute atomic E-state index is 12.4. The van der Waals surface area contributed by atoms with Crippen LogP contribution in [0.4, 0.5) is 5.69 Å². The van der Waals surface area contributed by atoms with Crippen molar-refractivity contribution in [2.75, 3.05) is 18.5 Å². The molecule has 6 nitrogen and oxygen atoms in total. The first kappa shape index (κ1) is 16.5. The summed E-state index contributed by atoms with van der Waals surface area (Å²) in [5, 5.41) is 7.25. The summed E-state index contributed by atoms with van der Waals surface area (Å²) in [6.07, 6.45) is 0.822. The number of amides is 1. The van der Waals surface area contributed by atoms with Crippen molar-refractivity contribution >= 4 is 23.2 Å². The molecule has 2 aromatic carbocycles. The van der Waals surface area contributed by atoms with Gasteiger partial charge >= 0.3 is 0 Å². The van der Waals surface area contributed by atoms with Gasteiger partial charge in [-0.2, -0.15) is 0 Å². The van der Waals surface area contributed by atoms with Gasteiger partial charge in [0.25, 0.3) is 5.91 Å². The smallest absolute Gasteiger partial charge is 0.277 e. The van der Waals surface area contributed by atoms with E-state index >= 15 is 0 Å². The van der Waals surface area contributed by atoms with E-state index in [1.807, 2.05) is 0 Å². The van der Waals surface area contributed by atoms with Crippen LogP contribution in [0, 0.1) is 0 Å². The highest BCUT2D eigenvalue weighted by Gasteiger charge is 2.16. The third-order valence-corrected chi connectivity index (χ3v) is 4.13. The average molecular weight is 371 g/mol. The second kappa shape index (κ2) is 7.09. The molecular weight excluding hydrogens is 356 g/mol. The van der Waals surface area contributed by atoms with Crippen LogP contribution >= 0.6 is 11.6 Å². The Balaban J connectivity index is 1.50. The third-order valence-electron chi connectivity index (χ3n) is 3.88. The molecular formula is C19H15ClN2O4. The number of nitrogens with one attached hydrogen (secondary N) is 1. The molecule has 26 heavy (non-hydrogen) atoms. The van der Waals surface area contributed by atoms with Crippen molar-refractivity contribution in [2.24, 2.45) is 0 Å². The number of ether oxygens (including phenoxy) is 2. The summed E-state index contributed by atoms with van der Waals surface area (Å²) in [4.78, 5) is 12.4. The van der Waals surface area contributed by atoms with Gasteiger partial charge < -0.3 is 19.3 Å². The van der Waals surface area contributed by atoms with Gasteiger partial charge in [-0.15, -0.1) is 0 Å². The Labute approximate surface area is 154 Å². The summed E-state index contributed by atoms with van der Waals surface area (Å²) in [6.45, 7) is 1.20. The molecule has 0 aliphatic carbocycles. The van der Waals surface area contributed by atoms with Crippen LogP contribution in [-0.4, -0.2) is 24.3 Å². The predicted octanol–water partition coefficient (Wildman–Crippen LogP) is 4.41. The zero-order valence-electron chi connectivity index (χ0n) is 13.7. The van der Waals surface area contributed by atoms with E-state index in [2.05, 4.69) is 10.5 Å². The summed E-state index contributed by atoms with van der Waals surface area (Å²) < 4.78 is 16.5. The number of hydrogen-bond donors (Lipinski definition) is 1. The number of rotatable bonds is 3. The van der Waals surface area contributed by atoms with Crippen LogP contribution < -0.4 is 14.8 Å². The normalized spacial score (nSPS) is 13.1. The summed E-state index contributed by atoms with van der Waals surface area (Å²) in [5.74, 6) is 1.41. The highest BCUT2D eigenvalue weighted by Crippen LogP contribution is 2.32. The van der Waals surface area contributed by atoms with Crippen molar-refractivity contribution in [1.82, 2.24) is 5.16 Å². The van der Waals surface area contributed by atoms with Crippen LogP contribution in [0.1, 0.15) is 16.9 Å². The van der Waals surface area contributed by atoms with Crippen molar-refractivity contribution in [1.29, 1.82) is 0 Å². The SMILES string of the molecule is O=C(Nc1ccc2c(c1)OCCCO2)c1cc(-c2ccc(Cl)cc2)on1. The largest absolute Gasteiger partial charge is 0.490 e. The van der Waals surface area contributed by atoms with E-state index in [1.54, 1.807) is 48.5 Å². The Morgan fingerprint density at radius 1 is 1.00 bits per heavy atom. The molecule has 1 N–H and O–H groups in total. The molecule has 0 bridgehead atoms.